The average molecular weight is 269 g/mol. The van der Waals surface area contributed by atoms with Crippen molar-refractivity contribution >= 4 is 11.6 Å². The summed E-state index contributed by atoms with van der Waals surface area (Å²) in [4.78, 5) is 2.40. The van der Waals surface area contributed by atoms with E-state index in [1.165, 1.54) is 0 Å². The third kappa shape index (κ3) is 3.45. The van der Waals surface area contributed by atoms with Crippen LogP contribution in [0, 0.1) is 5.92 Å². The van der Waals surface area contributed by atoms with Crippen LogP contribution in [0.3, 0.4) is 0 Å². The molecule has 0 unspecified atom stereocenters. The first-order valence-corrected chi connectivity index (χ1v) is 6.91. The number of nitrogens with two attached hydrogens (primary N) is 1. The maximum Gasteiger partial charge on any atom is 0.0460 e. The number of hydrogen-bond donors (Lipinski definition) is 2. The van der Waals surface area contributed by atoms with Gasteiger partial charge >= 0.3 is 0 Å². The smallest absolute Gasteiger partial charge is 0.0460 e. The summed E-state index contributed by atoms with van der Waals surface area (Å²) in [6, 6.07) is 6.07. The van der Waals surface area contributed by atoms with E-state index in [0.29, 0.717) is 19.1 Å². The molecule has 100 valence electrons. The summed E-state index contributed by atoms with van der Waals surface area (Å²) in [5, 5.41) is 9.92. The molecule has 0 saturated carbocycles. The first-order valence-electron chi connectivity index (χ1n) is 6.53. The molecule has 3 nitrogen and oxygen atoms in total. The molecule has 3 N–H and O–H groups in total. The fraction of sp³-hybridized carbons (Fsp3) is 0.571. The Morgan fingerprint density at radius 2 is 2.06 bits per heavy atom. The van der Waals surface area contributed by atoms with Crippen molar-refractivity contribution in [3.05, 3.63) is 34.3 Å². The van der Waals surface area contributed by atoms with Crippen LogP contribution in [0.5, 0.6) is 0 Å². The first-order chi connectivity index (χ1) is 8.72. The van der Waals surface area contributed by atoms with E-state index >= 15 is 0 Å². The third-order valence-electron chi connectivity index (χ3n) is 3.71. The summed E-state index contributed by atoms with van der Waals surface area (Å²) in [7, 11) is 0. The Morgan fingerprint density at radius 3 is 2.61 bits per heavy atom. The minimum Gasteiger partial charge on any atom is -0.396 e. The minimum absolute atomic E-state index is 0.319. The number of rotatable bonds is 4. The Hall–Kier alpha value is -0.610. The zero-order chi connectivity index (χ0) is 13.0. The number of likely N-dealkylation sites (tertiary alicyclic amines) is 1. The second kappa shape index (κ2) is 6.53. The summed E-state index contributed by atoms with van der Waals surface area (Å²) in [5.74, 6) is 0.483. The Kier molecular flexibility index (Phi) is 5.01. The van der Waals surface area contributed by atoms with Gasteiger partial charge in [0.05, 0.1) is 0 Å². The van der Waals surface area contributed by atoms with Gasteiger partial charge in [0.25, 0.3) is 0 Å². The molecule has 1 heterocycles. The van der Waals surface area contributed by atoms with Gasteiger partial charge in [-0.2, -0.15) is 0 Å². The molecule has 0 radical (unpaired) electrons. The zero-order valence-corrected chi connectivity index (χ0v) is 11.4. The molecule has 0 spiro atoms. The van der Waals surface area contributed by atoms with Crippen molar-refractivity contribution in [2.45, 2.75) is 25.9 Å². The van der Waals surface area contributed by atoms with E-state index in [0.717, 1.165) is 48.6 Å². The lowest BCUT2D eigenvalue weighted by atomic mass is 9.97. The number of benzene rings is 1. The molecule has 2 rings (SSSR count). The number of hydrogen-bond acceptors (Lipinski definition) is 3. The first kappa shape index (κ1) is 13.8. The molecule has 0 atom stereocenters. The Morgan fingerprint density at radius 1 is 1.33 bits per heavy atom. The van der Waals surface area contributed by atoms with Gasteiger partial charge in [-0.3, -0.25) is 4.90 Å². The van der Waals surface area contributed by atoms with Crippen LogP contribution in [0.4, 0.5) is 0 Å². The van der Waals surface area contributed by atoms with Gasteiger partial charge < -0.3 is 10.8 Å². The molecule has 0 aromatic heterocycles. The fourth-order valence-electron chi connectivity index (χ4n) is 2.41. The summed E-state index contributed by atoms with van der Waals surface area (Å²) >= 11 is 6.26. The van der Waals surface area contributed by atoms with Crippen molar-refractivity contribution in [3.63, 3.8) is 0 Å². The maximum absolute atomic E-state index is 9.12. The number of nitrogens with zero attached hydrogens (tertiary/aromatic N) is 1. The lowest BCUT2D eigenvalue weighted by molar-refractivity contribution is 0.127. The van der Waals surface area contributed by atoms with E-state index in [1.54, 1.807) is 0 Å². The van der Waals surface area contributed by atoms with Crippen molar-refractivity contribution in [1.82, 2.24) is 4.90 Å². The quantitative estimate of drug-likeness (QED) is 0.878. The SMILES string of the molecule is NCc1ccc(CN2CCC(CO)CC2)c(Cl)c1. The molecule has 1 aliphatic rings. The van der Waals surface area contributed by atoms with E-state index in [4.69, 9.17) is 22.4 Å². The third-order valence-corrected chi connectivity index (χ3v) is 4.06. The molecule has 1 aromatic carbocycles. The highest BCUT2D eigenvalue weighted by molar-refractivity contribution is 6.31. The summed E-state index contributed by atoms with van der Waals surface area (Å²) < 4.78 is 0. The second-order valence-corrected chi connectivity index (χ2v) is 5.44. The molecule has 1 aromatic rings. The van der Waals surface area contributed by atoms with Crippen LogP contribution in [0.1, 0.15) is 24.0 Å². The highest BCUT2D eigenvalue weighted by Gasteiger charge is 2.18. The molecule has 18 heavy (non-hydrogen) atoms. The van der Waals surface area contributed by atoms with Crippen LogP contribution in [-0.2, 0) is 13.1 Å². The van der Waals surface area contributed by atoms with Gasteiger partial charge in [0.1, 0.15) is 0 Å². The van der Waals surface area contributed by atoms with Gasteiger partial charge in [0.2, 0.25) is 0 Å². The summed E-state index contributed by atoms with van der Waals surface area (Å²) in [6.45, 7) is 3.82. The predicted molar refractivity (Wildman–Crippen MR) is 74.4 cm³/mol. The van der Waals surface area contributed by atoms with Gasteiger partial charge in [0.15, 0.2) is 0 Å². The number of aliphatic hydroxyl groups excluding tert-OH is 1. The highest BCUT2D eigenvalue weighted by Crippen LogP contribution is 2.23. The minimum atomic E-state index is 0.319. The van der Waals surface area contributed by atoms with Crippen LogP contribution in [0.2, 0.25) is 5.02 Å². The predicted octanol–water partition coefficient (Wildman–Crippen LogP) is 2.00. The van der Waals surface area contributed by atoms with E-state index in [2.05, 4.69) is 11.0 Å². The topological polar surface area (TPSA) is 49.5 Å². The molecular weight excluding hydrogens is 248 g/mol. The van der Waals surface area contributed by atoms with Gasteiger partial charge in [-0.1, -0.05) is 23.7 Å². The van der Waals surface area contributed by atoms with Crippen molar-refractivity contribution in [3.8, 4) is 0 Å². The normalized spacial score (nSPS) is 18.2. The zero-order valence-electron chi connectivity index (χ0n) is 10.6. The Bertz CT molecular complexity index is 389. The van der Waals surface area contributed by atoms with E-state index in [1.807, 2.05) is 12.1 Å². The van der Waals surface area contributed by atoms with Gasteiger partial charge in [-0.15, -0.1) is 0 Å². The number of halogens is 1. The lowest BCUT2D eigenvalue weighted by Gasteiger charge is -2.31. The molecule has 4 heteroatoms. The maximum atomic E-state index is 9.12. The van der Waals surface area contributed by atoms with Gasteiger partial charge in [-0.05, 0) is 49.0 Å². The van der Waals surface area contributed by atoms with Gasteiger partial charge in [-0.25, -0.2) is 0 Å². The molecule has 1 aliphatic heterocycles. The van der Waals surface area contributed by atoms with E-state index in [9.17, 15) is 0 Å². The van der Waals surface area contributed by atoms with E-state index < -0.39 is 0 Å². The number of piperidine rings is 1. The van der Waals surface area contributed by atoms with Crippen LogP contribution in [-0.4, -0.2) is 29.7 Å². The average Bonchev–Trinajstić information content (AvgIpc) is 2.42. The Balaban J connectivity index is 1.94. The highest BCUT2D eigenvalue weighted by atomic mass is 35.5. The molecule has 0 aliphatic carbocycles. The van der Waals surface area contributed by atoms with Crippen LogP contribution < -0.4 is 5.73 Å². The standard InChI is InChI=1S/C14H21ClN2O/c15-14-7-12(8-16)1-2-13(14)9-17-5-3-11(10-18)4-6-17/h1-2,7,11,18H,3-6,8-10,16H2. The van der Waals surface area contributed by atoms with Crippen molar-refractivity contribution in [1.29, 1.82) is 0 Å². The monoisotopic (exact) mass is 268 g/mol. The largest absolute Gasteiger partial charge is 0.396 e. The van der Waals surface area contributed by atoms with Gasteiger partial charge in [0, 0.05) is 24.7 Å². The molecule has 0 bridgehead atoms. The molecule has 1 fully saturated rings. The van der Waals surface area contributed by atoms with Crippen LogP contribution in [0.15, 0.2) is 18.2 Å². The molecule has 1 saturated heterocycles. The summed E-state index contributed by atoms with van der Waals surface area (Å²) in [5.41, 5.74) is 7.83. The Labute approximate surface area is 114 Å². The van der Waals surface area contributed by atoms with Crippen molar-refractivity contribution in [2.24, 2.45) is 11.7 Å². The molecular formula is C14H21ClN2O. The molecule has 0 amide bonds. The van der Waals surface area contributed by atoms with Crippen LogP contribution >= 0.6 is 11.6 Å². The lowest BCUT2D eigenvalue weighted by Crippen LogP contribution is -2.34. The number of aliphatic hydroxyl groups is 1. The van der Waals surface area contributed by atoms with Crippen molar-refractivity contribution < 1.29 is 5.11 Å². The fourth-order valence-corrected chi connectivity index (χ4v) is 2.68. The van der Waals surface area contributed by atoms with E-state index in [-0.39, 0.29) is 0 Å². The second-order valence-electron chi connectivity index (χ2n) is 5.03. The summed E-state index contributed by atoms with van der Waals surface area (Å²) in [6.07, 6.45) is 2.16. The van der Waals surface area contributed by atoms with Crippen molar-refractivity contribution in [2.75, 3.05) is 19.7 Å². The van der Waals surface area contributed by atoms with Crippen LogP contribution in [0.25, 0.3) is 0 Å².